The number of anilines is 4. The van der Waals surface area contributed by atoms with Crippen LogP contribution in [0.4, 0.5) is 23.5 Å². The highest BCUT2D eigenvalue weighted by atomic mass is 35.5. The van der Waals surface area contributed by atoms with Crippen LogP contribution in [-0.4, -0.2) is 33.4 Å². The summed E-state index contributed by atoms with van der Waals surface area (Å²) in [5.74, 6) is 2.28. The maximum absolute atomic E-state index is 9.93. The predicted molar refractivity (Wildman–Crippen MR) is 126 cm³/mol. The van der Waals surface area contributed by atoms with E-state index in [2.05, 4.69) is 36.1 Å². The van der Waals surface area contributed by atoms with Gasteiger partial charge in [-0.15, -0.1) is 0 Å². The fourth-order valence-corrected chi connectivity index (χ4v) is 2.91. The highest BCUT2D eigenvalue weighted by molar-refractivity contribution is 6.30. The van der Waals surface area contributed by atoms with E-state index in [-0.39, 0.29) is 11.7 Å². The van der Waals surface area contributed by atoms with Gasteiger partial charge in [-0.2, -0.15) is 20.1 Å². The molecule has 2 aromatic heterocycles. The number of hydrazone groups is 1. The molecule has 0 amide bonds. The number of phenolic OH excluding ortho intramolecular Hbond substituents is 1. The number of aromatic hydroxyl groups is 1. The van der Waals surface area contributed by atoms with Crippen molar-refractivity contribution in [3.05, 3.63) is 77.2 Å². The first-order valence-electron chi connectivity index (χ1n) is 9.80. The zero-order valence-electron chi connectivity index (χ0n) is 17.5. The van der Waals surface area contributed by atoms with Gasteiger partial charge in [0.05, 0.1) is 26.1 Å². The standard InChI is InChI=1S/C22H20ClN7O3/c1-32-17-7-5-16(6-8-17)26-21-27-20(24-13-18-3-2-10-33-18)28-22(29-21)30-25-12-14-11-15(23)4-9-19(14)31/h2-12,31H,13H2,1H3,(H3,24,26,27,28,29,30)/b25-12-. The van der Waals surface area contributed by atoms with Crippen molar-refractivity contribution in [1.82, 2.24) is 15.0 Å². The van der Waals surface area contributed by atoms with Crippen LogP contribution in [0.15, 0.2) is 70.4 Å². The highest BCUT2D eigenvalue weighted by Gasteiger charge is 2.08. The van der Waals surface area contributed by atoms with E-state index in [0.717, 1.165) is 17.2 Å². The average molecular weight is 466 g/mol. The smallest absolute Gasteiger partial charge is 0.250 e. The van der Waals surface area contributed by atoms with Crippen LogP contribution in [-0.2, 0) is 6.54 Å². The number of aromatic nitrogens is 3. The number of nitrogens with zero attached hydrogens (tertiary/aromatic N) is 4. The summed E-state index contributed by atoms with van der Waals surface area (Å²) in [4.78, 5) is 13.1. The van der Waals surface area contributed by atoms with Gasteiger partial charge >= 0.3 is 0 Å². The number of furan rings is 1. The molecule has 0 unspecified atom stereocenters. The molecule has 0 aliphatic rings. The topological polar surface area (TPSA) is 130 Å². The van der Waals surface area contributed by atoms with Gasteiger partial charge in [-0.3, -0.25) is 0 Å². The molecule has 2 aromatic carbocycles. The molecule has 0 saturated carbocycles. The third kappa shape index (κ3) is 6.11. The molecule has 0 fully saturated rings. The third-order valence-corrected chi connectivity index (χ3v) is 4.58. The first-order chi connectivity index (χ1) is 16.1. The highest BCUT2D eigenvalue weighted by Crippen LogP contribution is 2.21. The molecule has 0 bridgehead atoms. The van der Waals surface area contributed by atoms with Gasteiger partial charge in [-0.25, -0.2) is 5.43 Å². The van der Waals surface area contributed by atoms with Crippen LogP contribution in [0.25, 0.3) is 0 Å². The van der Waals surface area contributed by atoms with Gasteiger partial charge < -0.3 is 24.9 Å². The van der Waals surface area contributed by atoms with Crippen molar-refractivity contribution in [2.24, 2.45) is 5.10 Å². The van der Waals surface area contributed by atoms with E-state index in [1.807, 2.05) is 30.3 Å². The number of methoxy groups -OCH3 is 1. The second-order valence-corrected chi connectivity index (χ2v) is 7.10. The zero-order chi connectivity index (χ0) is 23.0. The predicted octanol–water partition coefficient (Wildman–Crippen LogP) is 4.63. The Kier molecular flexibility index (Phi) is 6.86. The Bertz CT molecular complexity index is 1230. The minimum absolute atomic E-state index is 0.0447. The summed E-state index contributed by atoms with van der Waals surface area (Å²) in [7, 11) is 1.60. The molecule has 11 heteroatoms. The van der Waals surface area contributed by atoms with E-state index in [0.29, 0.717) is 29.0 Å². The molecule has 0 spiro atoms. The van der Waals surface area contributed by atoms with Gasteiger partial charge in [0.2, 0.25) is 17.8 Å². The SMILES string of the molecule is COc1ccc(Nc2nc(NCc3ccco3)nc(N/N=C\c3cc(Cl)ccc3O)n2)cc1. The zero-order valence-corrected chi connectivity index (χ0v) is 18.2. The molecule has 0 saturated heterocycles. The lowest BCUT2D eigenvalue weighted by Crippen LogP contribution is -2.09. The number of hydrogen-bond acceptors (Lipinski definition) is 10. The molecule has 4 aromatic rings. The molecular formula is C22H20ClN7O3. The van der Waals surface area contributed by atoms with E-state index < -0.39 is 0 Å². The van der Waals surface area contributed by atoms with Crippen molar-refractivity contribution in [2.75, 3.05) is 23.2 Å². The number of phenols is 1. The van der Waals surface area contributed by atoms with Crippen LogP contribution in [0.5, 0.6) is 11.5 Å². The Labute approximate surface area is 194 Å². The van der Waals surface area contributed by atoms with Crippen molar-refractivity contribution in [3.8, 4) is 11.5 Å². The van der Waals surface area contributed by atoms with E-state index in [9.17, 15) is 5.11 Å². The number of halogens is 1. The Hall–Kier alpha value is -4.31. The van der Waals surface area contributed by atoms with Gasteiger partial charge in [-0.1, -0.05) is 11.6 Å². The Morgan fingerprint density at radius 3 is 2.61 bits per heavy atom. The van der Waals surface area contributed by atoms with Gasteiger partial charge in [0, 0.05) is 16.3 Å². The van der Waals surface area contributed by atoms with E-state index in [1.54, 1.807) is 31.6 Å². The van der Waals surface area contributed by atoms with Crippen molar-refractivity contribution < 1.29 is 14.3 Å². The van der Waals surface area contributed by atoms with Gasteiger partial charge in [0.1, 0.15) is 17.3 Å². The fraction of sp³-hybridized carbons (Fsp3) is 0.0909. The Morgan fingerprint density at radius 1 is 1.06 bits per heavy atom. The second kappa shape index (κ2) is 10.3. The molecule has 0 radical (unpaired) electrons. The van der Waals surface area contributed by atoms with Crippen LogP contribution >= 0.6 is 11.6 Å². The number of rotatable bonds is 9. The molecule has 168 valence electrons. The minimum Gasteiger partial charge on any atom is -0.507 e. The van der Waals surface area contributed by atoms with Gasteiger partial charge in [0.25, 0.3) is 0 Å². The lowest BCUT2D eigenvalue weighted by Gasteiger charge is -2.10. The lowest BCUT2D eigenvalue weighted by atomic mass is 10.2. The molecule has 0 aliphatic carbocycles. The Morgan fingerprint density at radius 2 is 1.85 bits per heavy atom. The number of benzene rings is 2. The molecule has 10 nitrogen and oxygen atoms in total. The Balaban J connectivity index is 1.54. The first kappa shape index (κ1) is 21.9. The van der Waals surface area contributed by atoms with Crippen LogP contribution in [0.1, 0.15) is 11.3 Å². The van der Waals surface area contributed by atoms with E-state index >= 15 is 0 Å². The molecule has 0 aliphatic heterocycles. The van der Waals surface area contributed by atoms with Crippen molar-refractivity contribution >= 4 is 41.3 Å². The fourth-order valence-electron chi connectivity index (χ4n) is 2.73. The second-order valence-electron chi connectivity index (χ2n) is 6.67. The molecule has 2 heterocycles. The van der Waals surface area contributed by atoms with Crippen LogP contribution < -0.4 is 20.8 Å². The summed E-state index contributed by atoms with van der Waals surface area (Å²) >= 11 is 5.97. The third-order valence-electron chi connectivity index (χ3n) is 4.34. The maximum atomic E-state index is 9.93. The molecule has 0 atom stereocenters. The van der Waals surface area contributed by atoms with Crippen molar-refractivity contribution in [2.45, 2.75) is 6.54 Å². The van der Waals surface area contributed by atoms with Gasteiger partial charge in [0.15, 0.2) is 0 Å². The average Bonchev–Trinajstić information content (AvgIpc) is 3.34. The van der Waals surface area contributed by atoms with E-state index in [4.69, 9.17) is 20.8 Å². The summed E-state index contributed by atoms with van der Waals surface area (Å²) in [6.07, 6.45) is 3.01. The summed E-state index contributed by atoms with van der Waals surface area (Å²) in [5.41, 5.74) is 3.95. The van der Waals surface area contributed by atoms with Crippen LogP contribution in [0.3, 0.4) is 0 Å². The molecule has 4 rings (SSSR count). The number of nitrogens with one attached hydrogen (secondary N) is 3. The van der Waals surface area contributed by atoms with Crippen LogP contribution in [0, 0.1) is 0 Å². The normalized spacial score (nSPS) is 10.8. The van der Waals surface area contributed by atoms with Gasteiger partial charge in [-0.05, 0) is 54.6 Å². The maximum Gasteiger partial charge on any atom is 0.250 e. The first-order valence-corrected chi connectivity index (χ1v) is 10.2. The monoisotopic (exact) mass is 465 g/mol. The molecule has 4 N–H and O–H groups in total. The lowest BCUT2D eigenvalue weighted by molar-refractivity contribution is 0.415. The molecule has 33 heavy (non-hydrogen) atoms. The summed E-state index contributed by atoms with van der Waals surface area (Å²) in [5, 5.41) is 20.7. The largest absolute Gasteiger partial charge is 0.507 e. The van der Waals surface area contributed by atoms with Crippen LogP contribution in [0.2, 0.25) is 5.02 Å². The van der Waals surface area contributed by atoms with Crippen molar-refractivity contribution in [1.29, 1.82) is 0 Å². The molecular weight excluding hydrogens is 446 g/mol. The van der Waals surface area contributed by atoms with Crippen molar-refractivity contribution in [3.63, 3.8) is 0 Å². The quantitative estimate of drug-likeness (QED) is 0.206. The summed E-state index contributed by atoms with van der Waals surface area (Å²) < 4.78 is 10.5. The summed E-state index contributed by atoms with van der Waals surface area (Å²) in [6.45, 7) is 0.387. The summed E-state index contributed by atoms with van der Waals surface area (Å²) in [6, 6.07) is 15.6. The minimum atomic E-state index is 0.0447. The van der Waals surface area contributed by atoms with E-state index in [1.165, 1.54) is 12.3 Å². The number of hydrogen-bond donors (Lipinski definition) is 4. The number of ether oxygens (including phenoxy) is 1.